The number of likely N-dealkylation sites (tertiary alicyclic amines) is 1. The molecule has 0 saturated carbocycles. The summed E-state index contributed by atoms with van der Waals surface area (Å²) in [7, 11) is 0. The Bertz CT molecular complexity index is 1690. The molecule has 4 aromatic heterocycles. The Morgan fingerprint density at radius 2 is 1.89 bits per heavy atom. The fourth-order valence-electron chi connectivity index (χ4n) is 4.82. The van der Waals surface area contributed by atoms with Gasteiger partial charge in [0.1, 0.15) is 18.0 Å². The first-order valence-electron chi connectivity index (χ1n) is 12.6. The third-order valence-electron chi connectivity index (χ3n) is 6.76. The molecule has 1 saturated heterocycles. The average molecular weight is 524 g/mol. The van der Waals surface area contributed by atoms with Crippen molar-refractivity contribution in [3.05, 3.63) is 60.8 Å². The maximum Gasteiger partial charge on any atom is 0.229 e. The monoisotopic (exact) mass is 523 g/mol. The molecule has 0 atom stereocenters. The van der Waals surface area contributed by atoms with Gasteiger partial charge in [-0.1, -0.05) is 12.1 Å². The van der Waals surface area contributed by atoms with Gasteiger partial charge in [-0.15, -0.1) is 21.5 Å². The van der Waals surface area contributed by atoms with Crippen molar-refractivity contribution < 1.29 is 4.74 Å². The van der Waals surface area contributed by atoms with Crippen molar-refractivity contribution >= 4 is 44.1 Å². The molecule has 6 aromatic rings. The summed E-state index contributed by atoms with van der Waals surface area (Å²) < 4.78 is 7.07. The molecule has 1 aliphatic rings. The van der Waals surface area contributed by atoms with Crippen LogP contribution in [0, 0.1) is 0 Å². The fraction of sp³-hybridized carbons (Fsp3) is 0.222. The van der Waals surface area contributed by atoms with E-state index in [4.69, 9.17) is 14.7 Å². The van der Waals surface area contributed by atoms with Crippen LogP contribution in [0.4, 0.5) is 11.6 Å². The Hall–Kier alpha value is -4.35. The summed E-state index contributed by atoms with van der Waals surface area (Å²) >= 11 is 1.68. The summed E-state index contributed by atoms with van der Waals surface area (Å²) in [4.78, 5) is 16.4. The first-order valence-corrected chi connectivity index (χ1v) is 13.5. The number of fused-ring (bicyclic) bond motifs is 2. The summed E-state index contributed by atoms with van der Waals surface area (Å²) in [6, 6.07) is 18.3. The van der Waals surface area contributed by atoms with E-state index in [1.54, 1.807) is 11.3 Å². The Balaban J connectivity index is 1.12. The number of nitrogens with one attached hydrogen (secondary N) is 3. The summed E-state index contributed by atoms with van der Waals surface area (Å²) in [5.74, 6) is 1.97. The molecule has 2 aromatic carbocycles. The van der Waals surface area contributed by atoms with Crippen LogP contribution in [-0.2, 0) is 0 Å². The highest BCUT2D eigenvalue weighted by atomic mass is 32.1. The highest BCUT2D eigenvalue weighted by Gasteiger charge is 2.15. The van der Waals surface area contributed by atoms with Crippen molar-refractivity contribution in [3.63, 3.8) is 0 Å². The number of aromatic amines is 2. The summed E-state index contributed by atoms with van der Waals surface area (Å²) in [6.45, 7) is 4.04. The number of hydrogen-bond acceptors (Lipinski definition) is 9. The molecule has 0 spiro atoms. The zero-order chi connectivity index (χ0) is 25.3. The van der Waals surface area contributed by atoms with Crippen LogP contribution >= 0.6 is 11.3 Å². The highest BCUT2D eigenvalue weighted by molar-refractivity contribution is 7.22. The maximum absolute atomic E-state index is 5.94. The van der Waals surface area contributed by atoms with Gasteiger partial charge in [0, 0.05) is 34.1 Å². The minimum Gasteiger partial charge on any atom is -0.492 e. The van der Waals surface area contributed by atoms with E-state index in [0.29, 0.717) is 18.4 Å². The molecule has 10 nitrogen and oxygen atoms in total. The van der Waals surface area contributed by atoms with Crippen molar-refractivity contribution in [3.8, 4) is 27.7 Å². The molecular formula is C27H25N9OS. The number of rotatable bonds is 8. The smallest absolute Gasteiger partial charge is 0.229 e. The van der Waals surface area contributed by atoms with E-state index in [2.05, 4.69) is 54.0 Å². The van der Waals surface area contributed by atoms with Gasteiger partial charge in [0.25, 0.3) is 0 Å². The van der Waals surface area contributed by atoms with Crippen molar-refractivity contribution in [2.75, 3.05) is 31.6 Å². The Kier molecular flexibility index (Phi) is 5.91. The van der Waals surface area contributed by atoms with Gasteiger partial charge in [-0.3, -0.25) is 4.90 Å². The topological polar surface area (TPSA) is 121 Å². The zero-order valence-corrected chi connectivity index (χ0v) is 21.3. The standard InChI is InChI=1S/C27H25N9OS/c1-2-12-36(11-1)13-14-37-20-7-5-19(6-8-20)29-27-30-24(21-9-10-28-26(21)31-27)23-15-17-3-4-18(16-22(17)38-23)25-32-34-35-33-25/h3-10,15-16H,1-2,11-14H2,(H2,28,29,30,31)(H,32,33,34,35). The number of nitrogens with zero attached hydrogens (tertiary/aromatic N) is 6. The molecule has 0 aliphatic carbocycles. The first kappa shape index (κ1) is 22.8. The third-order valence-corrected chi connectivity index (χ3v) is 7.86. The Morgan fingerprint density at radius 1 is 1.00 bits per heavy atom. The van der Waals surface area contributed by atoms with Crippen LogP contribution in [0.15, 0.2) is 60.8 Å². The lowest BCUT2D eigenvalue weighted by atomic mass is 10.1. The molecule has 0 bridgehead atoms. The lowest BCUT2D eigenvalue weighted by Gasteiger charge is -2.15. The molecule has 1 aliphatic heterocycles. The molecule has 7 rings (SSSR count). The SMILES string of the molecule is c1cc2c(-c3cc4ccc(-c5nn[nH]n5)cc4s3)nc(Nc3ccc(OCCN4CCCC4)cc3)nc2[nH]1. The largest absolute Gasteiger partial charge is 0.492 e. The first-order chi connectivity index (χ1) is 18.8. The molecule has 0 radical (unpaired) electrons. The second-order valence-electron chi connectivity index (χ2n) is 9.28. The van der Waals surface area contributed by atoms with E-state index >= 15 is 0 Å². The second kappa shape index (κ2) is 9.84. The summed E-state index contributed by atoms with van der Waals surface area (Å²) in [5.41, 5.74) is 3.47. The number of thiophene rings is 1. The molecule has 0 amide bonds. The molecular weight excluding hydrogens is 498 g/mol. The van der Waals surface area contributed by atoms with E-state index in [0.717, 1.165) is 55.2 Å². The van der Waals surface area contributed by atoms with E-state index in [1.165, 1.54) is 25.9 Å². The van der Waals surface area contributed by atoms with Gasteiger partial charge in [-0.2, -0.15) is 10.2 Å². The van der Waals surface area contributed by atoms with Gasteiger partial charge in [-0.05, 0) is 79.0 Å². The lowest BCUT2D eigenvalue weighted by molar-refractivity contribution is 0.238. The maximum atomic E-state index is 5.94. The lowest BCUT2D eigenvalue weighted by Crippen LogP contribution is -2.25. The highest BCUT2D eigenvalue weighted by Crippen LogP contribution is 2.37. The van der Waals surface area contributed by atoms with Crippen LogP contribution in [0.3, 0.4) is 0 Å². The van der Waals surface area contributed by atoms with E-state index < -0.39 is 0 Å². The normalized spacial score (nSPS) is 14.0. The van der Waals surface area contributed by atoms with Crippen molar-refractivity contribution in [1.82, 2.24) is 40.5 Å². The number of ether oxygens (including phenoxy) is 1. The predicted octanol–water partition coefficient (Wildman–Crippen LogP) is 5.24. The number of benzene rings is 2. The van der Waals surface area contributed by atoms with Crippen molar-refractivity contribution in [2.45, 2.75) is 12.8 Å². The molecule has 38 heavy (non-hydrogen) atoms. The summed E-state index contributed by atoms with van der Waals surface area (Å²) in [5, 5.41) is 19.8. The molecule has 1 fully saturated rings. The van der Waals surface area contributed by atoms with Crippen molar-refractivity contribution in [1.29, 1.82) is 0 Å². The van der Waals surface area contributed by atoms with E-state index in [9.17, 15) is 0 Å². The zero-order valence-electron chi connectivity index (χ0n) is 20.5. The van der Waals surface area contributed by atoms with E-state index in [-0.39, 0.29) is 0 Å². The Labute approximate surface area is 222 Å². The third kappa shape index (κ3) is 4.57. The number of anilines is 2. The van der Waals surface area contributed by atoms with E-state index in [1.807, 2.05) is 42.6 Å². The second-order valence-corrected chi connectivity index (χ2v) is 10.4. The summed E-state index contributed by atoms with van der Waals surface area (Å²) in [6.07, 6.45) is 4.48. The van der Waals surface area contributed by atoms with Gasteiger partial charge in [0.15, 0.2) is 0 Å². The van der Waals surface area contributed by atoms with Crippen LogP contribution < -0.4 is 10.1 Å². The molecule has 5 heterocycles. The molecule has 3 N–H and O–H groups in total. The molecule has 11 heteroatoms. The quantitative estimate of drug-likeness (QED) is 0.248. The number of H-pyrrole nitrogens is 2. The minimum atomic E-state index is 0.530. The van der Waals surface area contributed by atoms with Gasteiger partial charge in [-0.25, -0.2) is 4.98 Å². The van der Waals surface area contributed by atoms with Crippen molar-refractivity contribution in [2.24, 2.45) is 0 Å². The van der Waals surface area contributed by atoms with Gasteiger partial charge in [0.05, 0.1) is 10.6 Å². The predicted molar refractivity (Wildman–Crippen MR) is 149 cm³/mol. The van der Waals surface area contributed by atoms with Gasteiger partial charge >= 0.3 is 0 Å². The fourth-order valence-corrected chi connectivity index (χ4v) is 5.92. The van der Waals surface area contributed by atoms with Crippen LogP contribution in [-0.4, -0.2) is 66.7 Å². The van der Waals surface area contributed by atoms with Gasteiger partial charge < -0.3 is 15.0 Å². The van der Waals surface area contributed by atoms with Crippen LogP contribution in [0.2, 0.25) is 0 Å². The number of hydrogen-bond donors (Lipinski definition) is 3. The average Bonchev–Trinajstić information content (AvgIpc) is 3.75. The molecule has 190 valence electrons. The van der Waals surface area contributed by atoms with Crippen LogP contribution in [0.25, 0.3) is 43.1 Å². The van der Waals surface area contributed by atoms with Crippen LogP contribution in [0.5, 0.6) is 5.75 Å². The number of tetrazole rings is 1. The van der Waals surface area contributed by atoms with Crippen LogP contribution in [0.1, 0.15) is 12.8 Å². The number of aromatic nitrogens is 7. The molecule has 0 unspecified atom stereocenters. The minimum absolute atomic E-state index is 0.530. The van der Waals surface area contributed by atoms with Gasteiger partial charge in [0.2, 0.25) is 11.8 Å². The Morgan fingerprint density at radius 3 is 2.74 bits per heavy atom.